The molecule has 27 heavy (non-hydrogen) atoms. The summed E-state index contributed by atoms with van der Waals surface area (Å²) < 4.78 is 7.24. The van der Waals surface area contributed by atoms with Crippen LogP contribution in [0.3, 0.4) is 0 Å². The van der Waals surface area contributed by atoms with Gasteiger partial charge in [-0.15, -0.1) is 0 Å². The highest BCUT2D eigenvalue weighted by Gasteiger charge is 2.46. The van der Waals surface area contributed by atoms with Crippen molar-refractivity contribution >= 4 is 23.4 Å². The molecule has 9 heteroatoms. The summed E-state index contributed by atoms with van der Waals surface area (Å²) in [6, 6.07) is 8.56. The molecule has 9 nitrogen and oxygen atoms in total. The van der Waals surface area contributed by atoms with Gasteiger partial charge in [-0.25, -0.2) is 0 Å². The minimum atomic E-state index is -1.68. The average Bonchev–Trinajstić information content (AvgIpc) is 2.98. The highest BCUT2D eigenvalue weighted by Crippen LogP contribution is 2.33. The number of ether oxygens (including phenoxy) is 1. The quantitative estimate of drug-likeness (QED) is 0.519. The summed E-state index contributed by atoms with van der Waals surface area (Å²) in [4.78, 5) is 36.8. The van der Waals surface area contributed by atoms with Crippen LogP contribution in [0.1, 0.15) is 23.1 Å². The molecule has 3 rings (SSSR count). The Morgan fingerprint density at radius 3 is 2.67 bits per heavy atom. The molecule has 1 aromatic heterocycles. The van der Waals surface area contributed by atoms with E-state index in [-0.39, 0.29) is 19.0 Å². The van der Waals surface area contributed by atoms with E-state index in [9.17, 15) is 14.4 Å². The van der Waals surface area contributed by atoms with Crippen molar-refractivity contribution in [3.63, 3.8) is 0 Å². The third-order valence-electron chi connectivity index (χ3n) is 4.36. The number of rotatable bonds is 5. The molecule has 0 bridgehead atoms. The van der Waals surface area contributed by atoms with Crippen molar-refractivity contribution < 1.29 is 19.1 Å². The van der Waals surface area contributed by atoms with Crippen molar-refractivity contribution in [2.45, 2.75) is 19.4 Å². The number of benzene rings is 1. The molecule has 1 aliphatic rings. The van der Waals surface area contributed by atoms with E-state index in [1.807, 2.05) is 6.92 Å². The van der Waals surface area contributed by atoms with Crippen LogP contribution in [0.2, 0.25) is 0 Å². The summed E-state index contributed by atoms with van der Waals surface area (Å²) in [6.07, 6.45) is 0. The van der Waals surface area contributed by atoms with Gasteiger partial charge in [-0.05, 0) is 32.0 Å². The zero-order valence-corrected chi connectivity index (χ0v) is 15.3. The van der Waals surface area contributed by atoms with E-state index in [4.69, 9.17) is 4.74 Å². The zero-order chi connectivity index (χ0) is 19.6. The SMILES string of the molecule is Cc1cc(C(=O)NCCNC(=O)C2(C)Oc3ccccc3NC2=O)nn1C. The van der Waals surface area contributed by atoms with Crippen LogP contribution in [-0.2, 0) is 16.6 Å². The van der Waals surface area contributed by atoms with Crippen molar-refractivity contribution in [2.75, 3.05) is 18.4 Å². The maximum Gasteiger partial charge on any atom is 0.278 e. The van der Waals surface area contributed by atoms with Gasteiger partial charge in [-0.3, -0.25) is 19.1 Å². The lowest BCUT2D eigenvalue weighted by molar-refractivity contribution is -0.146. The minimum Gasteiger partial charge on any atom is -0.466 e. The number of anilines is 1. The van der Waals surface area contributed by atoms with E-state index < -0.39 is 17.4 Å². The fourth-order valence-corrected chi connectivity index (χ4v) is 2.60. The van der Waals surface area contributed by atoms with Crippen molar-refractivity contribution in [1.82, 2.24) is 20.4 Å². The molecule has 3 amide bonds. The fourth-order valence-electron chi connectivity index (χ4n) is 2.60. The van der Waals surface area contributed by atoms with Crippen LogP contribution < -0.4 is 20.7 Å². The van der Waals surface area contributed by atoms with Gasteiger partial charge in [0.05, 0.1) is 5.69 Å². The van der Waals surface area contributed by atoms with E-state index >= 15 is 0 Å². The van der Waals surface area contributed by atoms with Gasteiger partial charge in [0, 0.05) is 25.8 Å². The Balaban J connectivity index is 1.53. The van der Waals surface area contributed by atoms with Gasteiger partial charge in [0.15, 0.2) is 0 Å². The number of carbonyl (C=O) groups is 3. The summed E-state index contributed by atoms with van der Waals surface area (Å²) in [7, 11) is 1.75. The lowest BCUT2D eigenvalue weighted by atomic mass is 10.0. The molecule has 1 aromatic carbocycles. The maximum atomic E-state index is 12.5. The predicted molar refractivity (Wildman–Crippen MR) is 97.4 cm³/mol. The monoisotopic (exact) mass is 371 g/mol. The van der Waals surface area contributed by atoms with E-state index in [1.54, 1.807) is 42.1 Å². The number of hydrogen-bond acceptors (Lipinski definition) is 5. The molecule has 0 fully saturated rings. The second kappa shape index (κ2) is 7.10. The largest absolute Gasteiger partial charge is 0.466 e. The normalized spacial score (nSPS) is 18.1. The van der Waals surface area contributed by atoms with E-state index in [0.29, 0.717) is 17.1 Å². The first kappa shape index (κ1) is 18.4. The lowest BCUT2D eigenvalue weighted by Crippen LogP contribution is -2.59. The van der Waals surface area contributed by atoms with Gasteiger partial charge in [-0.2, -0.15) is 5.10 Å². The first-order chi connectivity index (χ1) is 12.8. The zero-order valence-electron chi connectivity index (χ0n) is 15.3. The number of aromatic nitrogens is 2. The Morgan fingerprint density at radius 1 is 1.26 bits per heavy atom. The number of nitrogens with one attached hydrogen (secondary N) is 3. The molecule has 1 unspecified atom stereocenters. The highest BCUT2D eigenvalue weighted by atomic mass is 16.5. The third kappa shape index (κ3) is 3.62. The highest BCUT2D eigenvalue weighted by molar-refractivity contribution is 6.15. The molecule has 142 valence electrons. The van der Waals surface area contributed by atoms with Crippen LogP contribution in [0.4, 0.5) is 5.69 Å². The molecule has 0 spiro atoms. The standard InChI is InChI=1S/C18H21N5O4/c1-11-10-13(22-23(11)3)15(24)19-8-9-20-16(25)18(2)17(26)21-12-6-4-5-7-14(12)27-18/h4-7,10H,8-9H2,1-3H3,(H,19,24)(H,20,25)(H,21,26). The molecule has 2 aromatic rings. The van der Waals surface area contributed by atoms with Crippen molar-refractivity contribution in [3.8, 4) is 5.75 Å². The minimum absolute atomic E-state index is 0.143. The lowest BCUT2D eigenvalue weighted by Gasteiger charge is -2.33. The van der Waals surface area contributed by atoms with E-state index in [1.165, 1.54) is 6.92 Å². The molecule has 2 heterocycles. The molecule has 3 N–H and O–H groups in total. The Kier molecular flexibility index (Phi) is 4.85. The van der Waals surface area contributed by atoms with Gasteiger partial charge < -0.3 is 20.7 Å². The number of hydrogen-bond donors (Lipinski definition) is 3. The fraction of sp³-hybridized carbons (Fsp3) is 0.333. The Labute approximate surface area is 156 Å². The number of aryl methyl sites for hydroxylation is 2. The smallest absolute Gasteiger partial charge is 0.278 e. The Hall–Kier alpha value is -3.36. The Morgan fingerprint density at radius 2 is 1.96 bits per heavy atom. The van der Waals surface area contributed by atoms with E-state index in [0.717, 1.165) is 5.69 Å². The van der Waals surface area contributed by atoms with Crippen LogP contribution in [0.25, 0.3) is 0 Å². The van der Waals surface area contributed by atoms with Crippen molar-refractivity contribution in [2.24, 2.45) is 7.05 Å². The van der Waals surface area contributed by atoms with Crippen molar-refractivity contribution in [3.05, 3.63) is 41.7 Å². The maximum absolute atomic E-state index is 12.5. The molecule has 0 saturated carbocycles. The molecular weight excluding hydrogens is 350 g/mol. The number of fused-ring (bicyclic) bond motifs is 1. The summed E-state index contributed by atoms with van der Waals surface area (Å²) >= 11 is 0. The summed E-state index contributed by atoms with van der Waals surface area (Å²) in [5.41, 5.74) is 0.00362. The Bertz CT molecular complexity index is 887. The van der Waals surface area contributed by atoms with Crippen molar-refractivity contribution in [1.29, 1.82) is 0 Å². The molecular formula is C18H21N5O4. The summed E-state index contributed by atoms with van der Waals surface area (Å²) in [5.74, 6) is -1.04. The summed E-state index contributed by atoms with van der Waals surface area (Å²) in [5, 5.41) is 12.0. The van der Waals surface area contributed by atoms with Gasteiger partial charge in [0.2, 0.25) is 0 Å². The van der Waals surface area contributed by atoms with Gasteiger partial charge in [0.25, 0.3) is 23.3 Å². The van der Waals surface area contributed by atoms with Crippen LogP contribution in [0, 0.1) is 6.92 Å². The molecule has 1 atom stereocenters. The average molecular weight is 371 g/mol. The number of carbonyl (C=O) groups excluding carboxylic acids is 3. The second-order valence-electron chi connectivity index (χ2n) is 6.39. The van der Waals surface area contributed by atoms with Gasteiger partial charge in [0.1, 0.15) is 11.4 Å². The number of nitrogens with zero attached hydrogens (tertiary/aromatic N) is 2. The number of amides is 3. The van der Waals surface area contributed by atoms with Crippen LogP contribution in [-0.4, -0.2) is 46.2 Å². The van der Waals surface area contributed by atoms with Crippen LogP contribution in [0.15, 0.2) is 30.3 Å². The number of para-hydroxylation sites is 2. The first-order valence-corrected chi connectivity index (χ1v) is 8.48. The second-order valence-corrected chi connectivity index (χ2v) is 6.39. The summed E-state index contributed by atoms with van der Waals surface area (Å²) in [6.45, 7) is 3.58. The van der Waals surface area contributed by atoms with Crippen LogP contribution >= 0.6 is 0 Å². The van der Waals surface area contributed by atoms with Gasteiger partial charge in [-0.1, -0.05) is 12.1 Å². The molecule has 1 aliphatic heterocycles. The molecule has 0 saturated heterocycles. The molecule has 0 radical (unpaired) electrons. The van der Waals surface area contributed by atoms with Gasteiger partial charge >= 0.3 is 0 Å². The van der Waals surface area contributed by atoms with Crippen LogP contribution in [0.5, 0.6) is 5.75 Å². The predicted octanol–water partition coefficient (Wildman–Crippen LogP) is 0.364. The van der Waals surface area contributed by atoms with E-state index in [2.05, 4.69) is 21.0 Å². The first-order valence-electron chi connectivity index (χ1n) is 8.48. The molecule has 0 aliphatic carbocycles. The third-order valence-corrected chi connectivity index (χ3v) is 4.36. The topological polar surface area (TPSA) is 114 Å².